The van der Waals surface area contributed by atoms with Crippen molar-refractivity contribution >= 4 is 5.97 Å². The van der Waals surface area contributed by atoms with Gasteiger partial charge < -0.3 is 19.7 Å². The number of carboxylic acids is 1. The van der Waals surface area contributed by atoms with Crippen LogP contribution in [0.5, 0.6) is 0 Å². The zero-order valence-electron chi connectivity index (χ0n) is 12.9. The van der Waals surface area contributed by atoms with E-state index in [0.29, 0.717) is 19.4 Å². The highest BCUT2D eigenvalue weighted by Gasteiger charge is 2.37. The van der Waals surface area contributed by atoms with Gasteiger partial charge in [-0.2, -0.15) is 0 Å². The Labute approximate surface area is 134 Å². The minimum Gasteiger partial charge on any atom is -0.475 e. The average molecular weight is 324 g/mol. The largest absolute Gasteiger partial charge is 0.475 e. The summed E-state index contributed by atoms with van der Waals surface area (Å²) in [4.78, 5) is 11.3. The summed E-state index contributed by atoms with van der Waals surface area (Å²) in [5, 5.41) is 18.4. The Hall–Kier alpha value is -1.92. The fraction of sp³-hybridized carbons (Fsp3) is 0.471. The van der Waals surface area contributed by atoms with E-state index < -0.39 is 12.3 Å². The summed E-state index contributed by atoms with van der Waals surface area (Å²) < 4.78 is 24.2. The molecule has 0 saturated carbocycles. The molecular weight excluding hydrogens is 303 g/mol. The Morgan fingerprint density at radius 1 is 1.35 bits per heavy atom. The van der Waals surface area contributed by atoms with Crippen molar-refractivity contribution < 1.29 is 28.9 Å². The molecule has 0 amide bonds. The van der Waals surface area contributed by atoms with Gasteiger partial charge in [0.1, 0.15) is 5.82 Å². The van der Waals surface area contributed by atoms with E-state index in [9.17, 15) is 14.3 Å². The van der Waals surface area contributed by atoms with Crippen LogP contribution in [0.25, 0.3) is 0 Å². The molecule has 1 aliphatic heterocycles. The minimum atomic E-state index is -1.16. The SMILES string of the molecule is CCO[C@H]1OC(C(=O)O)=C[C@@H](c2ccc(F)cc2)[C@@H]1CCCO. The van der Waals surface area contributed by atoms with Gasteiger partial charge in [0.2, 0.25) is 12.0 Å². The lowest BCUT2D eigenvalue weighted by Crippen LogP contribution is -2.36. The number of aliphatic carboxylic acids is 1. The Bertz CT molecular complexity index is 555. The number of aliphatic hydroxyl groups is 1. The number of carboxylic acid groups (broad SMARTS) is 1. The van der Waals surface area contributed by atoms with Crippen molar-refractivity contribution in [3.8, 4) is 0 Å². The Kier molecular flexibility index (Phi) is 6.12. The van der Waals surface area contributed by atoms with Crippen molar-refractivity contribution in [3.63, 3.8) is 0 Å². The molecule has 0 aromatic heterocycles. The summed E-state index contributed by atoms with van der Waals surface area (Å²) in [7, 11) is 0. The van der Waals surface area contributed by atoms with Crippen LogP contribution >= 0.6 is 0 Å². The molecular formula is C17H21FO5. The molecule has 6 heteroatoms. The number of carbonyl (C=O) groups is 1. The van der Waals surface area contributed by atoms with Crippen LogP contribution in [0.4, 0.5) is 4.39 Å². The van der Waals surface area contributed by atoms with E-state index in [1.807, 2.05) is 0 Å². The van der Waals surface area contributed by atoms with Gasteiger partial charge in [-0.1, -0.05) is 12.1 Å². The van der Waals surface area contributed by atoms with Gasteiger partial charge >= 0.3 is 5.97 Å². The first-order valence-corrected chi connectivity index (χ1v) is 7.66. The van der Waals surface area contributed by atoms with Crippen LogP contribution in [0.15, 0.2) is 36.1 Å². The predicted molar refractivity (Wildman–Crippen MR) is 81.2 cm³/mol. The zero-order chi connectivity index (χ0) is 16.8. The molecule has 1 heterocycles. The first-order chi connectivity index (χ1) is 11.1. The number of halogens is 1. The van der Waals surface area contributed by atoms with Gasteiger partial charge in [-0.3, -0.25) is 0 Å². The molecule has 1 aliphatic rings. The summed E-state index contributed by atoms with van der Waals surface area (Å²) in [5.41, 5.74) is 0.793. The molecule has 0 spiro atoms. The zero-order valence-corrected chi connectivity index (χ0v) is 12.9. The fourth-order valence-electron chi connectivity index (χ4n) is 2.82. The van der Waals surface area contributed by atoms with Crippen LogP contribution in [-0.2, 0) is 14.3 Å². The second kappa shape index (κ2) is 8.08. The van der Waals surface area contributed by atoms with Crippen molar-refractivity contribution in [2.75, 3.05) is 13.2 Å². The molecule has 5 nitrogen and oxygen atoms in total. The first kappa shape index (κ1) is 17.4. The lowest BCUT2D eigenvalue weighted by molar-refractivity contribution is -0.173. The van der Waals surface area contributed by atoms with E-state index >= 15 is 0 Å². The van der Waals surface area contributed by atoms with E-state index in [1.54, 1.807) is 19.1 Å². The third-order valence-electron chi connectivity index (χ3n) is 3.88. The minimum absolute atomic E-state index is 0.0288. The number of benzene rings is 1. The molecule has 0 fully saturated rings. The molecule has 0 aliphatic carbocycles. The monoisotopic (exact) mass is 324 g/mol. The Morgan fingerprint density at radius 3 is 2.61 bits per heavy atom. The third-order valence-corrected chi connectivity index (χ3v) is 3.88. The van der Waals surface area contributed by atoms with Crippen molar-refractivity contribution in [1.29, 1.82) is 0 Å². The Balaban J connectivity index is 2.38. The van der Waals surface area contributed by atoms with Crippen LogP contribution < -0.4 is 0 Å². The summed E-state index contributed by atoms with van der Waals surface area (Å²) in [6.07, 6.45) is 1.98. The molecule has 1 aromatic rings. The van der Waals surface area contributed by atoms with Gasteiger partial charge in [0.15, 0.2) is 0 Å². The smallest absolute Gasteiger partial charge is 0.370 e. The highest BCUT2D eigenvalue weighted by molar-refractivity contribution is 5.84. The molecule has 0 unspecified atom stereocenters. The summed E-state index contributed by atoms with van der Waals surface area (Å²) in [6.45, 7) is 2.21. The third kappa shape index (κ3) is 4.30. The number of hydrogen-bond acceptors (Lipinski definition) is 4. The lowest BCUT2D eigenvalue weighted by Gasteiger charge is -2.36. The second-order valence-electron chi connectivity index (χ2n) is 5.38. The van der Waals surface area contributed by atoms with Gasteiger partial charge in [-0.15, -0.1) is 0 Å². The standard InChI is InChI=1S/C17H21FO5/c1-2-22-17-13(4-3-9-19)14(10-15(23-17)16(20)21)11-5-7-12(18)8-6-11/h5-8,10,13-14,17,19H,2-4,9H2,1H3,(H,20,21)/t13-,14-,17-/m0/s1. The van der Waals surface area contributed by atoms with Crippen LogP contribution in [0.2, 0.25) is 0 Å². The van der Waals surface area contributed by atoms with E-state index in [4.69, 9.17) is 14.6 Å². The number of rotatable bonds is 7. The van der Waals surface area contributed by atoms with Crippen molar-refractivity contribution in [2.45, 2.75) is 32.0 Å². The van der Waals surface area contributed by atoms with Gasteiger partial charge in [0, 0.05) is 25.0 Å². The molecule has 23 heavy (non-hydrogen) atoms. The maximum Gasteiger partial charge on any atom is 0.370 e. The Morgan fingerprint density at radius 2 is 2.04 bits per heavy atom. The van der Waals surface area contributed by atoms with Gasteiger partial charge in [0.25, 0.3) is 0 Å². The molecule has 2 rings (SSSR count). The van der Waals surface area contributed by atoms with Gasteiger partial charge in [-0.25, -0.2) is 9.18 Å². The fourth-order valence-corrected chi connectivity index (χ4v) is 2.82. The van der Waals surface area contributed by atoms with Crippen LogP contribution in [-0.4, -0.2) is 35.7 Å². The molecule has 1 aromatic carbocycles. The summed E-state index contributed by atoms with van der Waals surface area (Å²) >= 11 is 0. The molecule has 3 atom stereocenters. The topological polar surface area (TPSA) is 76.0 Å². The number of aliphatic hydroxyl groups excluding tert-OH is 1. The first-order valence-electron chi connectivity index (χ1n) is 7.66. The molecule has 126 valence electrons. The van der Waals surface area contributed by atoms with Crippen LogP contribution in [0.1, 0.15) is 31.2 Å². The van der Waals surface area contributed by atoms with E-state index in [2.05, 4.69) is 0 Å². The summed E-state index contributed by atoms with van der Waals surface area (Å²) in [6, 6.07) is 5.96. The number of hydrogen-bond donors (Lipinski definition) is 2. The quantitative estimate of drug-likeness (QED) is 0.806. The van der Waals surface area contributed by atoms with E-state index in [1.165, 1.54) is 18.2 Å². The van der Waals surface area contributed by atoms with Crippen molar-refractivity contribution in [3.05, 3.63) is 47.5 Å². The number of ether oxygens (including phenoxy) is 2. The van der Waals surface area contributed by atoms with Crippen LogP contribution in [0.3, 0.4) is 0 Å². The number of allylic oxidation sites excluding steroid dienone is 1. The van der Waals surface area contributed by atoms with E-state index in [0.717, 1.165) is 5.56 Å². The maximum absolute atomic E-state index is 13.2. The van der Waals surface area contributed by atoms with Gasteiger partial charge in [0.05, 0.1) is 0 Å². The summed E-state index contributed by atoms with van der Waals surface area (Å²) in [5.74, 6) is -2.12. The normalized spacial score (nSPS) is 24.0. The van der Waals surface area contributed by atoms with Crippen molar-refractivity contribution in [1.82, 2.24) is 0 Å². The highest BCUT2D eigenvalue weighted by atomic mass is 19.1. The van der Waals surface area contributed by atoms with Crippen LogP contribution in [0, 0.1) is 11.7 Å². The molecule has 0 radical (unpaired) electrons. The predicted octanol–water partition coefficient (Wildman–Crippen LogP) is 2.66. The lowest BCUT2D eigenvalue weighted by atomic mass is 9.80. The molecule has 0 saturated heterocycles. The molecule has 0 bridgehead atoms. The van der Waals surface area contributed by atoms with Crippen molar-refractivity contribution in [2.24, 2.45) is 5.92 Å². The average Bonchev–Trinajstić information content (AvgIpc) is 2.54. The molecule has 2 N–H and O–H groups in total. The second-order valence-corrected chi connectivity index (χ2v) is 5.38. The van der Waals surface area contributed by atoms with Gasteiger partial charge in [-0.05, 0) is 43.5 Å². The maximum atomic E-state index is 13.2. The van der Waals surface area contributed by atoms with E-state index in [-0.39, 0.29) is 30.0 Å². The highest BCUT2D eigenvalue weighted by Crippen LogP contribution is 2.39.